The minimum atomic E-state index is -1.17. The highest BCUT2D eigenvalue weighted by atomic mass is 16.4. The predicted molar refractivity (Wildman–Crippen MR) is 162 cm³/mol. The van der Waals surface area contributed by atoms with Gasteiger partial charge in [-0.25, -0.2) is 4.79 Å². The fourth-order valence-corrected chi connectivity index (χ4v) is 5.83. The molecule has 0 saturated carbocycles. The van der Waals surface area contributed by atoms with Crippen LogP contribution in [0, 0.1) is 6.92 Å². The highest BCUT2D eigenvalue weighted by Crippen LogP contribution is 2.41. The van der Waals surface area contributed by atoms with Crippen molar-refractivity contribution in [2.75, 3.05) is 10.2 Å². The lowest BCUT2D eigenvalue weighted by Gasteiger charge is -2.21. The first-order chi connectivity index (χ1) is 19.4. The van der Waals surface area contributed by atoms with E-state index in [1.165, 1.54) is 5.56 Å². The van der Waals surface area contributed by atoms with Crippen molar-refractivity contribution in [3.05, 3.63) is 94.5 Å². The van der Waals surface area contributed by atoms with E-state index in [0.29, 0.717) is 28.8 Å². The summed E-state index contributed by atoms with van der Waals surface area (Å²) >= 11 is 0. The summed E-state index contributed by atoms with van der Waals surface area (Å²) in [5.74, 6) is -0.599. The Bertz CT molecular complexity index is 1930. The smallest absolute Gasteiger partial charge is 0.409 e. The average Bonchev–Trinajstić information content (AvgIpc) is 3.44. The van der Waals surface area contributed by atoms with Gasteiger partial charge in [-0.2, -0.15) is 0 Å². The van der Waals surface area contributed by atoms with E-state index in [-0.39, 0.29) is 11.3 Å². The van der Waals surface area contributed by atoms with Gasteiger partial charge in [0.25, 0.3) is 11.8 Å². The number of amides is 3. The van der Waals surface area contributed by atoms with Gasteiger partial charge < -0.3 is 20.7 Å². The minimum absolute atomic E-state index is 0.0203. The van der Waals surface area contributed by atoms with Crippen LogP contribution in [0.25, 0.3) is 32.9 Å². The third-order valence-electron chi connectivity index (χ3n) is 7.93. The van der Waals surface area contributed by atoms with Gasteiger partial charge in [0.15, 0.2) is 0 Å². The summed E-state index contributed by atoms with van der Waals surface area (Å²) in [6.07, 6.45) is -1.17. The third-order valence-corrected chi connectivity index (χ3v) is 7.93. The fraction of sp³-hybridized carbons (Fsp3) is 0.182. The van der Waals surface area contributed by atoms with Crippen molar-refractivity contribution in [2.45, 2.75) is 39.7 Å². The molecule has 0 bridgehead atoms. The fourth-order valence-electron chi connectivity index (χ4n) is 5.83. The molecule has 3 amide bonds. The number of nitrogens with one attached hydrogen (secondary N) is 2. The number of fused-ring (bicyclic) bond motifs is 4. The number of aromatic amines is 1. The average molecular weight is 547 g/mol. The van der Waals surface area contributed by atoms with Gasteiger partial charge in [-0.05, 0) is 70.5 Å². The first-order valence-electron chi connectivity index (χ1n) is 13.4. The Morgan fingerprint density at radius 3 is 2.44 bits per heavy atom. The quantitative estimate of drug-likeness (QED) is 0.195. The summed E-state index contributed by atoms with van der Waals surface area (Å²) in [6.45, 7) is 8.98. The molecule has 5 N–H and O–H groups in total. The number of nitrogens with zero attached hydrogens (tertiary/aromatic N) is 1. The van der Waals surface area contributed by atoms with Gasteiger partial charge in [0, 0.05) is 33.2 Å². The number of carbonyl (C=O) groups excluding carboxylic acids is 2. The summed E-state index contributed by atoms with van der Waals surface area (Å²) < 4.78 is 0. The number of nitrogens with two attached hydrogens (primary N) is 1. The van der Waals surface area contributed by atoms with E-state index in [1.807, 2.05) is 54.3 Å². The van der Waals surface area contributed by atoms with Crippen LogP contribution < -0.4 is 16.0 Å². The van der Waals surface area contributed by atoms with Crippen LogP contribution in [0.15, 0.2) is 66.7 Å². The largest absolute Gasteiger partial charge is 0.465 e. The molecule has 4 aromatic carbocycles. The first-order valence-corrected chi connectivity index (χ1v) is 13.4. The first kappa shape index (κ1) is 26.1. The van der Waals surface area contributed by atoms with Crippen LogP contribution in [-0.2, 0) is 12.0 Å². The maximum atomic E-state index is 13.6. The van der Waals surface area contributed by atoms with Crippen molar-refractivity contribution < 1.29 is 19.5 Å². The van der Waals surface area contributed by atoms with Gasteiger partial charge in [0.05, 0.1) is 17.6 Å². The van der Waals surface area contributed by atoms with Crippen molar-refractivity contribution in [3.63, 3.8) is 0 Å². The van der Waals surface area contributed by atoms with E-state index < -0.39 is 12.0 Å². The molecule has 0 saturated heterocycles. The molecule has 1 aliphatic rings. The summed E-state index contributed by atoms with van der Waals surface area (Å²) in [5, 5.41) is 13.1. The van der Waals surface area contributed by atoms with Crippen molar-refractivity contribution >= 4 is 51.1 Å². The lowest BCUT2D eigenvalue weighted by atomic mass is 9.85. The number of H-pyrrole nitrogens is 1. The standard InChI is InChI=1S/C33H30N4O4/c1-17-21(6-5-7-27(17)37-16-18-14-19(33(2,3)4)8-10-22(18)31(37)39)23-12-13-25(30(34)38)29-28(23)24-11-9-20(35-32(40)41)15-26(24)36-29/h5-15,35-36H,16H2,1-4H3,(H2,34,38)(H,40,41). The lowest BCUT2D eigenvalue weighted by molar-refractivity contribution is 0.0990. The molecule has 0 radical (unpaired) electrons. The molecule has 2 heterocycles. The van der Waals surface area contributed by atoms with Gasteiger partial charge in [-0.1, -0.05) is 57.2 Å². The third kappa shape index (κ3) is 4.28. The Morgan fingerprint density at radius 2 is 1.73 bits per heavy atom. The van der Waals surface area contributed by atoms with Crippen molar-refractivity contribution in [2.24, 2.45) is 5.73 Å². The second-order valence-electron chi connectivity index (χ2n) is 11.6. The zero-order chi connectivity index (χ0) is 29.2. The molecular formula is C33H30N4O4. The van der Waals surface area contributed by atoms with Crippen molar-refractivity contribution in [3.8, 4) is 11.1 Å². The number of carboxylic acid groups (broad SMARTS) is 1. The Labute approximate surface area is 236 Å². The number of primary amides is 1. The molecule has 6 rings (SSSR count). The maximum Gasteiger partial charge on any atom is 0.409 e. The molecule has 8 heteroatoms. The van der Waals surface area contributed by atoms with Crippen LogP contribution in [0.1, 0.15) is 58.2 Å². The normalized spacial score (nSPS) is 13.2. The van der Waals surface area contributed by atoms with E-state index in [0.717, 1.165) is 44.3 Å². The van der Waals surface area contributed by atoms with Crippen LogP contribution in [0.4, 0.5) is 16.2 Å². The summed E-state index contributed by atoms with van der Waals surface area (Å²) in [7, 11) is 0. The number of hydrogen-bond donors (Lipinski definition) is 4. The van der Waals surface area contributed by atoms with Crippen LogP contribution in [0.3, 0.4) is 0 Å². The lowest BCUT2D eigenvalue weighted by Crippen LogP contribution is -2.24. The summed E-state index contributed by atoms with van der Waals surface area (Å²) in [5.41, 5.74) is 14.1. The van der Waals surface area contributed by atoms with E-state index in [1.54, 1.807) is 18.2 Å². The minimum Gasteiger partial charge on any atom is -0.465 e. The number of benzene rings is 4. The molecule has 1 aliphatic heterocycles. The van der Waals surface area contributed by atoms with E-state index in [2.05, 4.69) is 37.1 Å². The zero-order valence-corrected chi connectivity index (χ0v) is 23.3. The van der Waals surface area contributed by atoms with Gasteiger partial charge >= 0.3 is 6.09 Å². The van der Waals surface area contributed by atoms with Crippen LogP contribution in [-0.4, -0.2) is 28.0 Å². The molecular weight excluding hydrogens is 516 g/mol. The molecule has 1 aromatic heterocycles. The number of anilines is 2. The van der Waals surface area contributed by atoms with Crippen LogP contribution in [0.2, 0.25) is 0 Å². The second kappa shape index (κ2) is 9.23. The van der Waals surface area contributed by atoms with Crippen LogP contribution in [0.5, 0.6) is 0 Å². The maximum absolute atomic E-state index is 13.6. The zero-order valence-electron chi connectivity index (χ0n) is 23.3. The molecule has 8 nitrogen and oxygen atoms in total. The highest BCUT2D eigenvalue weighted by Gasteiger charge is 2.31. The Balaban J connectivity index is 1.50. The Hall–Kier alpha value is -5.11. The van der Waals surface area contributed by atoms with E-state index >= 15 is 0 Å². The molecule has 0 spiro atoms. The molecule has 206 valence electrons. The molecule has 0 atom stereocenters. The van der Waals surface area contributed by atoms with Gasteiger partial charge in [0.2, 0.25) is 0 Å². The highest BCUT2D eigenvalue weighted by molar-refractivity contribution is 6.20. The number of aromatic nitrogens is 1. The molecule has 0 unspecified atom stereocenters. The SMILES string of the molecule is Cc1c(-c2ccc(C(N)=O)c3[nH]c4cc(NC(=O)O)ccc4c23)cccc1N1Cc2cc(C(C)(C)C)ccc2C1=O. The predicted octanol–water partition coefficient (Wildman–Crippen LogP) is 6.94. The second-order valence-corrected chi connectivity index (χ2v) is 11.6. The molecule has 41 heavy (non-hydrogen) atoms. The van der Waals surface area contributed by atoms with Gasteiger partial charge in [0.1, 0.15) is 0 Å². The Kier molecular flexibility index (Phi) is 5.88. The number of rotatable bonds is 4. The van der Waals surface area contributed by atoms with E-state index in [9.17, 15) is 14.4 Å². The number of carbonyl (C=O) groups is 3. The topological polar surface area (TPSA) is 129 Å². The molecule has 5 aromatic rings. The summed E-state index contributed by atoms with van der Waals surface area (Å²) in [6, 6.07) is 20.8. The van der Waals surface area contributed by atoms with Crippen molar-refractivity contribution in [1.82, 2.24) is 4.98 Å². The Morgan fingerprint density at radius 1 is 0.976 bits per heavy atom. The van der Waals surface area contributed by atoms with Crippen LogP contribution >= 0.6 is 0 Å². The number of hydrogen-bond acceptors (Lipinski definition) is 3. The molecule has 0 aliphatic carbocycles. The monoisotopic (exact) mass is 546 g/mol. The molecule has 0 fully saturated rings. The van der Waals surface area contributed by atoms with E-state index in [4.69, 9.17) is 10.8 Å². The van der Waals surface area contributed by atoms with Gasteiger partial charge in [-0.3, -0.25) is 14.9 Å². The summed E-state index contributed by atoms with van der Waals surface area (Å²) in [4.78, 5) is 42.2. The van der Waals surface area contributed by atoms with Gasteiger partial charge in [-0.15, -0.1) is 0 Å². The van der Waals surface area contributed by atoms with Crippen molar-refractivity contribution in [1.29, 1.82) is 0 Å².